The number of alkyl halides is 3. The Morgan fingerprint density at radius 3 is 2.55 bits per heavy atom. The van der Waals surface area contributed by atoms with E-state index in [-0.39, 0.29) is 28.9 Å². The molecule has 9 heteroatoms. The first-order valence-electron chi connectivity index (χ1n) is 6.61. The smallest absolute Gasteiger partial charge is 0.315 e. The average molecular weight is 359 g/mol. The molecule has 1 aliphatic rings. The molecule has 2 rings (SSSR count). The third kappa shape index (κ3) is 4.58. The van der Waals surface area contributed by atoms with Crippen molar-refractivity contribution in [1.82, 2.24) is 10.0 Å². The van der Waals surface area contributed by atoms with Crippen LogP contribution in [-0.4, -0.2) is 27.5 Å². The first-order chi connectivity index (χ1) is 9.70. The predicted octanol–water partition coefficient (Wildman–Crippen LogP) is 2.47. The van der Waals surface area contributed by atoms with Crippen LogP contribution in [0.15, 0.2) is 23.1 Å². The summed E-state index contributed by atoms with van der Waals surface area (Å²) in [6.45, 7) is 2.61. The summed E-state index contributed by atoms with van der Waals surface area (Å²) in [4.78, 5) is -0.356. The van der Waals surface area contributed by atoms with E-state index in [2.05, 4.69) is 10.0 Å². The van der Waals surface area contributed by atoms with Gasteiger partial charge >= 0.3 is 6.18 Å². The maximum Gasteiger partial charge on any atom is 0.416 e. The van der Waals surface area contributed by atoms with Gasteiger partial charge in [-0.25, -0.2) is 13.1 Å². The topological polar surface area (TPSA) is 58.2 Å². The van der Waals surface area contributed by atoms with Gasteiger partial charge in [0.2, 0.25) is 10.0 Å². The van der Waals surface area contributed by atoms with E-state index < -0.39 is 21.8 Å². The molecule has 1 unspecified atom stereocenters. The van der Waals surface area contributed by atoms with Gasteiger partial charge in [0.25, 0.3) is 0 Å². The van der Waals surface area contributed by atoms with Crippen molar-refractivity contribution in [2.45, 2.75) is 36.9 Å². The second-order valence-electron chi connectivity index (χ2n) is 5.14. The Bertz CT molecular complexity index is 614. The molecule has 1 aromatic rings. The molecule has 22 heavy (non-hydrogen) atoms. The molecule has 0 radical (unpaired) electrons. The Morgan fingerprint density at radius 2 is 2.00 bits per heavy atom. The van der Waals surface area contributed by atoms with Crippen LogP contribution < -0.4 is 10.0 Å². The zero-order valence-electron chi connectivity index (χ0n) is 11.9. The monoisotopic (exact) mass is 358 g/mol. The predicted molar refractivity (Wildman–Crippen MR) is 79.6 cm³/mol. The molecule has 4 nitrogen and oxygen atoms in total. The van der Waals surface area contributed by atoms with Gasteiger partial charge in [-0.15, -0.1) is 12.4 Å². The van der Waals surface area contributed by atoms with Crippen molar-refractivity contribution in [2.75, 3.05) is 13.1 Å². The maximum absolute atomic E-state index is 12.9. The molecule has 1 saturated heterocycles. The lowest BCUT2D eigenvalue weighted by Crippen LogP contribution is -2.45. The van der Waals surface area contributed by atoms with Crippen LogP contribution in [0.1, 0.15) is 24.0 Å². The molecular formula is C13H18ClF3N2O2S. The normalized spacial score (nSPS) is 19.5. The van der Waals surface area contributed by atoms with Gasteiger partial charge in [-0.05, 0) is 44.0 Å². The van der Waals surface area contributed by atoms with E-state index >= 15 is 0 Å². The third-order valence-electron chi connectivity index (χ3n) is 3.44. The molecule has 0 saturated carbocycles. The van der Waals surface area contributed by atoms with Crippen molar-refractivity contribution in [3.8, 4) is 0 Å². The number of piperidine rings is 1. The minimum Gasteiger partial charge on any atom is -0.315 e. The van der Waals surface area contributed by atoms with E-state index in [0.717, 1.165) is 13.0 Å². The van der Waals surface area contributed by atoms with E-state index in [0.29, 0.717) is 19.0 Å². The molecule has 0 aliphatic carbocycles. The van der Waals surface area contributed by atoms with E-state index in [1.54, 1.807) is 0 Å². The van der Waals surface area contributed by atoms with E-state index in [1.807, 2.05) is 0 Å². The number of hydrogen-bond donors (Lipinski definition) is 2. The standard InChI is InChI=1S/C13H17F3N2O2S.ClH/c1-9-4-5-11(7-12(9)13(14,15)16)21(19,20)18-10-3-2-6-17-8-10;/h4-5,7,10,17-18H,2-3,6,8H2,1H3;1H. The summed E-state index contributed by atoms with van der Waals surface area (Å²) in [5.41, 5.74) is -0.923. The van der Waals surface area contributed by atoms with E-state index in [9.17, 15) is 21.6 Å². The summed E-state index contributed by atoms with van der Waals surface area (Å²) in [7, 11) is -3.95. The van der Waals surface area contributed by atoms with Crippen LogP contribution in [0.4, 0.5) is 13.2 Å². The molecule has 1 aliphatic heterocycles. The van der Waals surface area contributed by atoms with Crippen LogP contribution in [0.3, 0.4) is 0 Å². The molecule has 0 amide bonds. The van der Waals surface area contributed by atoms with Crippen LogP contribution in [-0.2, 0) is 16.2 Å². The molecule has 2 N–H and O–H groups in total. The lowest BCUT2D eigenvalue weighted by Gasteiger charge is -2.23. The summed E-state index contributed by atoms with van der Waals surface area (Å²) in [6, 6.07) is 2.77. The Labute approximate surface area is 133 Å². The lowest BCUT2D eigenvalue weighted by atomic mass is 10.1. The number of hydrogen-bond acceptors (Lipinski definition) is 3. The molecular weight excluding hydrogens is 341 g/mol. The minimum absolute atomic E-state index is 0. The molecule has 0 spiro atoms. The van der Waals surface area contributed by atoms with Crippen LogP contribution in [0.2, 0.25) is 0 Å². The van der Waals surface area contributed by atoms with Crippen molar-refractivity contribution >= 4 is 22.4 Å². The third-order valence-corrected chi connectivity index (χ3v) is 4.96. The van der Waals surface area contributed by atoms with Crippen LogP contribution in [0, 0.1) is 6.92 Å². The Hall–Kier alpha value is -0.830. The molecule has 126 valence electrons. The molecule has 1 fully saturated rings. The van der Waals surface area contributed by atoms with Gasteiger partial charge in [0.15, 0.2) is 0 Å². The Balaban J connectivity index is 0.00000242. The zero-order valence-corrected chi connectivity index (χ0v) is 13.5. The highest BCUT2D eigenvalue weighted by atomic mass is 35.5. The number of nitrogens with one attached hydrogen (secondary N) is 2. The van der Waals surface area contributed by atoms with Gasteiger partial charge in [-0.1, -0.05) is 6.07 Å². The average Bonchev–Trinajstić information content (AvgIpc) is 2.38. The van der Waals surface area contributed by atoms with Gasteiger partial charge in [0.1, 0.15) is 0 Å². The van der Waals surface area contributed by atoms with Crippen LogP contribution in [0.5, 0.6) is 0 Å². The highest BCUT2D eigenvalue weighted by molar-refractivity contribution is 7.89. The highest BCUT2D eigenvalue weighted by Crippen LogP contribution is 2.33. The fraction of sp³-hybridized carbons (Fsp3) is 0.538. The number of sulfonamides is 1. The van der Waals surface area contributed by atoms with Gasteiger partial charge < -0.3 is 5.32 Å². The van der Waals surface area contributed by atoms with Gasteiger partial charge in [-0.3, -0.25) is 0 Å². The van der Waals surface area contributed by atoms with Crippen molar-refractivity contribution in [3.63, 3.8) is 0 Å². The van der Waals surface area contributed by atoms with Crippen LogP contribution in [0.25, 0.3) is 0 Å². The summed E-state index contributed by atoms with van der Waals surface area (Å²) >= 11 is 0. The quantitative estimate of drug-likeness (QED) is 0.872. The van der Waals surface area contributed by atoms with Gasteiger partial charge in [0.05, 0.1) is 10.5 Å². The zero-order chi connectivity index (χ0) is 15.7. The number of halogens is 4. The second-order valence-corrected chi connectivity index (χ2v) is 6.85. The summed E-state index contributed by atoms with van der Waals surface area (Å²) in [5, 5.41) is 3.05. The van der Waals surface area contributed by atoms with Crippen molar-refractivity contribution in [1.29, 1.82) is 0 Å². The number of rotatable bonds is 3. The van der Waals surface area contributed by atoms with Gasteiger partial charge in [-0.2, -0.15) is 13.2 Å². The molecule has 1 aromatic carbocycles. The molecule has 1 heterocycles. The molecule has 0 aromatic heterocycles. The second kappa shape index (κ2) is 7.16. The van der Waals surface area contributed by atoms with Gasteiger partial charge in [0, 0.05) is 12.6 Å². The Morgan fingerprint density at radius 1 is 1.32 bits per heavy atom. The van der Waals surface area contributed by atoms with Crippen LogP contribution >= 0.6 is 12.4 Å². The summed E-state index contributed by atoms with van der Waals surface area (Å²) in [5.74, 6) is 0. The van der Waals surface area contributed by atoms with Crippen molar-refractivity contribution < 1.29 is 21.6 Å². The fourth-order valence-electron chi connectivity index (χ4n) is 2.31. The summed E-state index contributed by atoms with van der Waals surface area (Å²) in [6.07, 6.45) is -3.07. The van der Waals surface area contributed by atoms with E-state index in [1.165, 1.54) is 19.1 Å². The lowest BCUT2D eigenvalue weighted by molar-refractivity contribution is -0.138. The first kappa shape index (κ1) is 19.2. The molecule has 0 bridgehead atoms. The Kier molecular flexibility index (Phi) is 6.26. The number of benzene rings is 1. The fourth-order valence-corrected chi connectivity index (χ4v) is 3.61. The van der Waals surface area contributed by atoms with Crippen molar-refractivity contribution in [3.05, 3.63) is 29.3 Å². The number of aryl methyl sites for hydroxylation is 1. The van der Waals surface area contributed by atoms with E-state index in [4.69, 9.17) is 0 Å². The maximum atomic E-state index is 12.9. The first-order valence-corrected chi connectivity index (χ1v) is 8.09. The SMILES string of the molecule is Cc1ccc(S(=O)(=O)NC2CCCNC2)cc1C(F)(F)F.Cl. The largest absolute Gasteiger partial charge is 0.416 e. The summed E-state index contributed by atoms with van der Waals surface area (Å²) < 4.78 is 65.4. The van der Waals surface area contributed by atoms with Crippen molar-refractivity contribution in [2.24, 2.45) is 0 Å². The molecule has 1 atom stereocenters. The highest BCUT2D eigenvalue weighted by Gasteiger charge is 2.34. The minimum atomic E-state index is -4.57.